The lowest BCUT2D eigenvalue weighted by Gasteiger charge is -2.09. The van der Waals surface area contributed by atoms with Crippen molar-refractivity contribution in [1.82, 2.24) is 10.1 Å². The molecule has 0 bridgehead atoms. The maximum atomic E-state index is 5.68. The Bertz CT molecular complexity index is 508. The Morgan fingerprint density at radius 3 is 2.74 bits per heavy atom. The summed E-state index contributed by atoms with van der Waals surface area (Å²) in [5, 5.41) is 3.93. The zero-order valence-electron chi connectivity index (χ0n) is 11.3. The molecule has 2 N–H and O–H groups in total. The van der Waals surface area contributed by atoms with E-state index in [4.69, 9.17) is 15.0 Å². The number of hydrogen-bond donors (Lipinski definition) is 1. The van der Waals surface area contributed by atoms with Crippen molar-refractivity contribution < 1.29 is 9.26 Å². The van der Waals surface area contributed by atoms with Gasteiger partial charge in [0.15, 0.2) is 5.82 Å². The molecule has 1 unspecified atom stereocenters. The molecule has 1 aromatic carbocycles. The number of rotatable bonds is 6. The predicted molar refractivity (Wildman–Crippen MR) is 72.9 cm³/mol. The van der Waals surface area contributed by atoms with Crippen LogP contribution in [0.15, 0.2) is 28.8 Å². The summed E-state index contributed by atoms with van der Waals surface area (Å²) in [5.74, 6) is 1.67. The summed E-state index contributed by atoms with van der Waals surface area (Å²) < 4.78 is 10.2. The van der Waals surface area contributed by atoms with Crippen molar-refractivity contribution in [1.29, 1.82) is 0 Å². The van der Waals surface area contributed by atoms with E-state index in [2.05, 4.69) is 17.1 Å². The summed E-state index contributed by atoms with van der Waals surface area (Å²) in [6, 6.07) is 7.87. The van der Waals surface area contributed by atoms with Crippen LogP contribution in [0.4, 0.5) is 5.69 Å². The largest absolute Gasteiger partial charge is 0.399 e. The molecular weight excluding hydrogens is 242 g/mol. The van der Waals surface area contributed by atoms with Gasteiger partial charge in [-0.15, -0.1) is 0 Å². The van der Waals surface area contributed by atoms with Crippen LogP contribution in [0.1, 0.15) is 30.1 Å². The molecule has 0 aliphatic carbocycles. The highest BCUT2D eigenvalue weighted by Crippen LogP contribution is 2.20. The lowest BCUT2D eigenvalue weighted by Crippen LogP contribution is -2.00. The van der Waals surface area contributed by atoms with E-state index in [-0.39, 0.29) is 0 Å². The fourth-order valence-corrected chi connectivity index (χ4v) is 1.87. The van der Waals surface area contributed by atoms with E-state index in [9.17, 15) is 0 Å². The topological polar surface area (TPSA) is 74.2 Å². The van der Waals surface area contributed by atoms with Crippen LogP contribution in [0.25, 0.3) is 0 Å². The van der Waals surface area contributed by atoms with Gasteiger partial charge in [0.05, 0.1) is 6.61 Å². The van der Waals surface area contributed by atoms with Crippen LogP contribution in [0.3, 0.4) is 0 Å². The Labute approximate surface area is 112 Å². The minimum atomic E-state index is 0.316. The van der Waals surface area contributed by atoms with Crippen molar-refractivity contribution in [2.45, 2.75) is 25.7 Å². The first-order chi connectivity index (χ1) is 9.19. The number of nitrogens with two attached hydrogens (primary N) is 1. The van der Waals surface area contributed by atoms with Gasteiger partial charge in [-0.25, -0.2) is 0 Å². The average Bonchev–Trinajstić information content (AvgIpc) is 2.84. The third-order valence-electron chi connectivity index (χ3n) is 3.03. The van der Waals surface area contributed by atoms with Gasteiger partial charge in [0.1, 0.15) is 0 Å². The van der Waals surface area contributed by atoms with Crippen LogP contribution in [0, 0.1) is 0 Å². The van der Waals surface area contributed by atoms with Crippen LogP contribution in [-0.2, 0) is 17.6 Å². The third-order valence-corrected chi connectivity index (χ3v) is 3.03. The highest BCUT2D eigenvalue weighted by Gasteiger charge is 2.12. The molecule has 0 aliphatic rings. The number of anilines is 1. The molecule has 0 saturated heterocycles. The van der Waals surface area contributed by atoms with E-state index in [1.54, 1.807) is 7.11 Å². The SMILES string of the molecule is COCCc1noc(CC(C)c2ccc(N)cc2)n1. The molecule has 0 aliphatic heterocycles. The molecular formula is C14H19N3O2. The van der Waals surface area contributed by atoms with E-state index in [1.807, 2.05) is 24.3 Å². The van der Waals surface area contributed by atoms with Gasteiger partial charge >= 0.3 is 0 Å². The maximum absolute atomic E-state index is 5.68. The predicted octanol–water partition coefficient (Wildman–Crippen LogP) is 2.19. The van der Waals surface area contributed by atoms with Crippen molar-refractivity contribution in [3.8, 4) is 0 Å². The smallest absolute Gasteiger partial charge is 0.227 e. The second-order valence-electron chi connectivity index (χ2n) is 4.62. The van der Waals surface area contributed by atoms with E-state index < -0.39 is 0 Å². The standard InChI is InChI=1S/C14H19N3O2/c1-10(11-3-5-12(15)6-4-11)9-14-16-13(17-19-14)7-8-18-2/h3-6,10H,7-9,15H2,1-2H3. The fraction of sp³-hybridized carbons (Fsp3) is 0.429. The maximum Gasteiger partial charge on any atom is 0.227 e. The summed E-state index contributed by atoms with van der Waals surface area (Å²) in [6.45, 7) is 2.73. The molecule has 2 rings (SSSR count). The molecule has 1 atom stereocenters. The molecule has 0 saturated carbocycles. The van der Waals surface area contributed by atoms with Gasteiger partial charge in [0.25, 0.3) is 0 Å². The number of nitrogen functional groups attached to an aromatic ring is 1. The van der Waals surface area contributed by atoms with Gasteiger partial charge in [-0.05, 0) is 23.6 Å². The molecule has 1 aromatic heterocycles. The van der Waals surface area contributed by atoms with Crippen molar-refractivity contribution in [2.75, 3.05) is 19.5 Å². The molecule has 2 aromatic rings. The van der Waals surface area contributed by atoms with Crippen LogP contribution < -0.4 is 5.73 Å². The molecule has 0 spiro atoms. The summed E-state index contributed by atoms with van der Waals surface area (Å²) in [4.78, 5) is 4.35. The second kappa shape index (κ2) is 6.33. The van der Waals surface area contributed by atoms with Gasteiger partial charge in [-0.3, -0.25) is 0 Å². The highest BCUT2D eigenvalue weighted by atomic mass is 16.5. The Morgan fingerprint density at radius 1 is 1.32 bits per heavy atom. The van der Waals surface area contributed by atoms with Gasteiger partial charge in [0, 0.05) is 25.6 Å². The highest BCUT2D eigenvalue weighted by molar-refractivity contribution is 5.40. The van der Waals surface area contributed by atoms with E-state index in [1.165, 1.54) is 5.56 Å². The monoisotopic (exact) mass is 261 g/mol. The van der Waals surface area contributed by atoms with Gasteiger partial charge in [-0.1, -0.05) is 24.2 Å². The first kappa shape index (κ1) is 13.5. The molecule has 5 heteroatoms. The number of ether oxygens (including phenoxy) is 1. The minimum Gasteiger partial charge on any atom is -0.399 e. The lowest BCUT2D eigenvalue weighted by atomic mass is 9.98. The van der Waals surface area contributed by atoms with Crippen molar-refractivity contribution in [3.05, 3.63) is 41.5 Å². The van der Waals surface area contributed by atoms with E-state index in [0.717, 1.165) is 12.1 Å². The number of nitrogens with zero attached hydrogens (tertiary/aromatic N) is 2. The third kappa shape index (κ3) is 3.79. The molecule has 0 radical (unpaired) electrons. The number of aromatic nitrogens is 2. The number of hydrogen-bond acceptors (Lipinski definition) is 5. The van der Waals surface area contributed by atoms with Crippen molar-refractivity contribution in [3.63, 3.8) is 0 Å². The molecule has 1 heterocycles. The Morgan fingerprint density at radius 2 is 2.05 bits per heavy atom. The first-order valence-electron chi connectivity index (χ1n) is 6.35. The van der Waals surface area contributed by atoms with Crippen LogP contribution in [0.2, 0.25) is 0 Å². The van der Waals surface area contributed by atoms with E-state index >= 15 is 0 Å². The normalized spacial score (nSPS) is 12.5. The summed E-state index contributed by atoms with van der Waals surface area (Å²) in [6.07, 6.45) is 1.40. The lowest BCUT2D eigenvalue weighted by molar-refractivity contribution is 0.199. The zero-order valence-corrected chi connectivity index (χ0v) is 11.3. The molecule has 0 fully saturated rings. The Kier molecular flexibility index (Phi) is 4.52. The summed E-state index contributed by atoms with van der Waals surface area (Å²) in [7, 11) is 1.66. The van der Waals surface area contributed by atoms with Gasteiger partial charge < -0.3 is 15.0 Å². The molecule has 102 valence electrons. The Balaban J connectivity index is 1.96. The Hall–Kier alpha value is -1.88. The van der Waals surface area contributed by atoms with Crippen LogP contribution in [-0.4, -0.2) is 23.9 Å². The number of benzene rings is 1. The first-order valence-corrected chi connectivity index (χ1v) is 6.35. The van der Waals surface area contributed by atoms with Crippen molar-refractivity contribution >= 4 is 5.69 Å². The quantitative estimate of drug-likeness (QED) is 0.807. The van der Waals surface area contributed by atoms with E-state index in [0.29, 0.717) is 30.7 Å². The van der Waals surface area contributed by atoms with Gasteiger partial charge in [0.2, 0.25) is 5.89 Å². The molecule has 5 nitrogen and oxygen atoms in total. The second-order valence-corrected chi connectivity index (χ2v) is 4.62. The van der Waals surface area contributed by atoms with Gasteiger partial charge in [-0.2, -0.15) is 4.98 Å². The minimum absolute atomic E-state index is 0.316. The molecule has 0 amide bonds. The zero-order chi connectivity index (χ0) is 13.7. The molecule has 19 heavy (non-hydrogen) atoms. The summed E-state index contributed by atoms with van der Waals surface area (Å²) in [5.41, 5.74) is 7.66. The average molecular weight is 261 g/mol. The fourth-order valence-electron chi connectivity index (χ4n) is 1.87. The van der Waals surface area contributed by atoms with Crippen LogP contribution >= 0.6 is 0 Å². The van der Waals surface area contributed by atoms with Crippen LogP contribution in [0.5, 0.6) is 0 Å². The van der Waals surface area contributed by atoms with Crippen molar-refractivity contribution in [2.24, 2.45) is 0 Å². The number of methoxy groups -OCH3 is 1. The summed E-state index contributed by atoms with van der Waals surface area (Å²) >= 11 is 0.